The van der Waals surface area contributed by atoms with E-state index in [1.165, 1.54) is 11.3 Å². The first-order valence-electron chi connectivity index (χ1n) is 9.40. The highest BCUT2D eigenvalue weighted by atomic mass is 32.1. The van der Waals surface area contributed by atoms with Crippen LogP contribution >= 0.6 is 11.3 Å². The molecule has 3 heterocycles. The molecule has 1 saturated carbocycles. The number of anilines is 2. The minimum absolute atomic E-state index is 0.258. The third-order valence-electron chi connectivity index (χ3n) is 5.30. The molecule has 2 unspecified atom stereocenters. The third-order valence-corrected chi connectivity index (χ3v) is 6.18. The SMILES string of the molecule is Cc1c(F)c(N(C)C)c2[nH]ncc2c1-c1ccc2nc(NC(=O)C3CC3F)sc2n1. The number of aromatic amines is 1. The molecule has 30 heavy (non-hydrogen) atoms. The number of H-pyrrole nitrogens is 1. The van der Waals surface area contributed by atoms with Crippen molar-refractivity contribution in [1.29, 1.82) is 0 Å². The van der Waals surface area contributed by atoms with Gasteiger partial charge in [0.15, 0.2) is 10.9 Å². The quantitative estimate of drug-likeness (QED) is 0.512. The summed E-state index contributed by atoms with van der Waals surface area (Å²) in [6.07, 6.45) is 0.856. The summed E-state index contributed by atoms with van der Waals surface area (Å²) in [5.74, 6) is -1.29. The molecule has 1 aliphatic rings. The standard InChI is InChI=1S/C20H18F2N6OS/c1-8-14(10-7-23-27-16(10)17(15(8)22)28(2)3)12-4-5-13-19(24-12)30-20(25-13)26-18(29)9-6-11(9)21/h4-5,7,9,11H,6H2,1-3H3,(H,23,27)(H,25,26,29). The molecular weight excluding hydrogens is 410 g/mol. The van der Waals surface area contributed by atoms with Gasteiger partial charge in [-0.2, -0.15) is 5.10 Å². The number of aromatic nitrogens is 4. The van der Waals surface area contributed by atoms with Crippen molar-refractivity contribution in [1.82, 2.24) is 20.2 Å². The number of carbonyl (C=O) groups is 1. The van der Waals surface area contributed by atoms with E-state index in [4.69, 9.17) is 0 Å². The van der Waals surface area contributed by atoms with Crippen LogP contribution in [-0.4, -0.2) is 46.3 Å². The number of nitrogens with one attached hydrogen (secondary N) is 2. The van der Waals surface area contributed by atoms with E-state index in [1.807, 2.05) is 0 Å². The first-order chi connectivity index (χ1) is 14.3. The Hall–Kier alpha value is -3.14. The number of nitrogens with zero attached hydrogens (tertiary/aromatic N) is 4. The highest BCUT2D eigenvalue weighted by Gasteiger charge is 2.43. The van der Waals surface area contributed by atoms with Crippen LogP contribution in [0.1, 0.15) is 12.0 Å². The summed E-state index contributed by atoms with van der Waals surface area (Å²) in [6, 6.07) is 3.55. The van der Waals surface area contributed by atoms with Crippen LogP contribution < -0.4 is 10.2 Å². The van der Waals surface area contributed by atoms with Gasteiger partial charge in [0.05, 0.1) is 29.0 Å². The van der Waals surface area contributed by atoms with Crippen LogP contribution in [0.25, 0.3) is 32.5 Å². The van der Waals surface area contributed by atoms with Gasteiger partial charge in [0.2, 0.25) is 5.91 Å². The van der Waals surface area contributed by atoms with E-state index in [0.717, 1.165) is 5.39 Å². The normalized spacial score (nSPS) is 18.2. The maximum atomic E-state index is 15.2. The lowest BCUT2D eigenvalue weighted by Gasteiger charge is -2.18. The number of amides is 1. The van der Waals surface area contributed by atoms with Gasteiger partial charge in [-0.05, 0) is 31.0 Å². The minimum atomic E-state index is -1.07. The summed E-state index contributed by atoms with van der Waals surface area (Å²) in [6.45, 7) is 1.72. The zero-order valence-electron chi connectivity index (χ0n) is 16.5. The lowest BCUT2D eigenvalue weighted by Crippen LogP contribution is -2.14. The second kappa shape index (κ2) is 6.69. The Morgan fingerprint density at radius 2 is 2.10 bits per heavy atom. The highest BCUT2D eigenvalue weighted by molar-refractivity contribution is 7.22. The predicted octanol–water partition coefficient (Wildman–Crippen LogP) is 4.04. The maximum absolute atomic E-state index is 15.2. The van der Waals surface area contributed by atoms with Crippen LogP contribution in [0.2, 0.25) is 0 Å². The largest absolute Gasteiger partial charge is 0.374 e. The van der Waals surface area contributed by atoms with Crippen molar-refractivity contribution in [2.75, 3.05) is 24.3 Å². The Morgan fingerprint density at radius 1 is 1.33 bits per heavy atom. The monoisotopic (exact) mass is 428 g/mol. The fraction of sp³-hybridized carbons (Fsp3) is 0.300. The van der Waals surface area contributed by atoms with Gasteiger partial charge in [-0.25, -0.2) is 18.7 Å². The summed E-state index contributed by atoms with van der Waals surface area (Å²) in [5, 5.41) is 10.8. The molecule has 7 nitrogen and oxygen atoms in total. The molecule has 2 N–H and O–H groups in total. The Balaban J connectivity index is 1.59. The highest BCUT2D eigenvalue weighted by Crippen LogP contribution is 2.40. The van der Waals surface area contributed by atoms with Gasteiger partial charge in [-0.15, -0.1) is 0 Å². The summed E-state index contributed by atoms with van der Waals surface area (Å²) < 4.78 is 28.3. The second-order valence-electron chi connectivity index (χ2n) is 7.60. The molecule has 2 atom stereocenters. The molecule has 0 spiro atoms. The number of hydrogen-bond donors (Lipinski definition) is 2. The summed E-state index contributed by atoms with van der Waals surface area (Å²) in [5.41, 5.74) is 3.36. The number of alkyl halides is 1. The Labute approximate surface area is 174 Å². The maximum Gasteiger partial charge on any atom is 0.232 e. The lowest BCUT2D eigenvalue weighted by molar-refractivity contribution is -0.117. The number of carbonyl (C=O) groups excluding carboxylic acids is 1. The Bertz CT molecular complexity index is 1310. The predicted molar refractivity (Wildman–Crippen MR) is 113 cm³/mol. The molecule has 3 aromatic heterocycles. The molecule has 0 bridgehead atoms. The minimum Gasteiger partial charge on any atom is -0.374 e. The van der Waals surface area contributed by atoms with E-state index in [1.54, 1.807) is 44.2 Å². The van der Waals surface area contributed by atoms with Gasteiger partial charge in [0, 0.05) is 25.0 Å². The van der Waals surface area contributed by atoms with E-state index in [2.05, 4.69) is 25.5 Å². The van der Waals surface area contributed by atoms with Gasteiger partial charge < -0.3 is 10.2 Å². The number of pyridine rings is 1. The van der Waals surface area contributed by atoms with Crippen molar-refractivity contribution < 1.29 is 13.6 Å². The fourth-order valence-corrected chi connectivity index (χ4v) is 4.49. The van der Waals surface area contributed by atoms with Crippen LogP contribution in [0.4, 0.5) is 19.6 Å². The van der Waals surface area contributed by atoms with Gasteiger partial charge in [0.25, 0.3) is 0 Å². The number of hydrogen-bond acceptors (Lipinski definition) is 6. The molecule has 1 fully saturated rings. The summed E-state index contributed by atoms with van der Waals surface area (Å²) in [7, 11) is 3.56. The average Bonchev–Trinajstić information content (AvgIpc) is 3.08. The lowest BCUT2D eigenvalue weighted by atomic mass is 9.98. The van der Waals surface area contributed by atoms with Crippen LogP contribution in [-0.2, 0) is 4.79 Å². The molecule has 10 heteroatoms. The van der Waals surface area contributed by atoms with E-state index in [9.17, 15) is 9.18 Å². The number of fused-ring (bicyclic) bond motifs is 2. The topological polar surface area (TPSA) is 86.8 Å². The van der Waals surface area contributed by atoms with Crippen molar-refractivity contribution in [3.8, 4) is 11.3 Å². The first-order valence-corrected chi connectivity index (χ1v) is 10.2. The second-order valence-corrected chi connectivity index (χ2v) is 8.58. The van der Waals surface area contributed by atoms with Gasteiger partial charge in [-0.3, -0.25) is 9.89 Å². The van der Waals surface area contributed by atoms with Gasteiger partial charge >= 0.3 is 0 Å². The van der Waals surface area contributed by atoms with Crippen molar-refractivity contribution >= 4 is 49.3 Å². The van der Waals surface area contributed by atoms with Crippen molar-refractivity contribution in [2.45, 2.75) is 19.5 Å². The number of benzene rings is 1. The summed E-state index contributed by atoms with van der Waals surface area (Å²) >= 11 is 1.20. The summed E-state index contributed by atoms with van der Waals surface area (Å²) in [4.78, 5) is 23.3. The van der Waals surface area contributed by atoms with Gasteiger partial charge in [-0.1, -0.05) is 11.3 Å². The molecule has 5 rings (SSSR count). The van der Waals surface area contributed by atoms with Gasteiger partial charge in [0.1, 0.15) is 16.5 Å². The molecule has 4 aromatic rings. The van der Waals surface area contributed by atoms with Crippen LogP contribution in [0.15, 0.2) is 18.3 Å². The number of thiazole rings is 1. The fourth-order valence-electron chi connectivity index (χ4n) is 3.65. The average molecular weight is 428 g/mol. The van der Waals surface area contributed by atoms with E-state index in [-0.39, 0.29) is 18.1 Å². The third kappa shape index (κ3) is 2.90. The smallest absolute Gasteiger partial charge is 0.232 e. The van der Waals surface area contributed by atoms with Crippen LogP contribution in [0, 0.1) is 18.7 Å². The zero-order chi connectivity index (χ0) is 21.2. The molecule has 154 valence electrons. The molecule has 0 aliphatic heterocycles. The van der Waals surface area contributed by atoms with Crippen molar-refractivity contribution in [3.05, 3.63) is 29.7 Å². The van der Waals surface area contributed by atoms with Crippen LogP contribution in [0.5, 0.6) is 0 Å². The first kappa shape index (κ1) is 18.9. The Morgan fingerprint density at radius 3 is 2.80 bits per heavy atom. The molecule has 1 aromatic carbocycles. The van der Waals surface area contributed by atoms with E-state index in [0.29, 0.717) is 43.5 Å². The van der Waals surface area contributed by atoms with Crippen molar-refractivity contribution in [3.63, 3.8) is 0 Å². The zero-order valence-corrected chi connectivity index (χ0v) is 17.3. The molecular formula is C20H18F2N6OS. The number of halogens is 2. The van der Waals surface area contributed by atoms with E-state index < -0.39 is 12.1 Å². The molecule has 1 amide bonds. The van der Waals surface area contributed by atoms with E-state index >= 15 is 4.39 Å². The van der Waals surface area contributed by atoms with Crippen LogP contribution in [0.3, 0.4) is 0 Å². The number of rotatable bonds is 4. The van der Waals surface area contributed by atoms with Crippen molar-refractivity contribution in [2.24, 2.45) is 5.92 Å². The molecule has 0 radical (unpaired) electrons. The molecule has 0 saturated heterocycles. The Kier molecular flexibility index (Phi) is 4.21. The molecule has 1 aliphatic carbocycles.